The van der Waals surface area contributed by atoms with Gasteiger partial charge >= 0.3 is 0 Å². The fourth-order valence-electron chi connectivity index (χ4n) is 3.21. The molecule has 0 aliphatic heterocycles. The fraction of sp³-hybridized carbons (Fsp3) is 0.0870. The van der Waals surface area contributed by atoms with Crippen LogP contribution in [0, 0.1) is 11.3 Å². The number of nitriles is 1. The highest BCUT2D eigenvalue weighted by Gasteiger charge is 2.08. The number of para-hydroxylation sites is 1. The number of nitrogens with zero attached hydrogens (tertiary/aromatic N) is 2. The van der Waals surface area contributed by atoms with Gasteiger partial charge in [-0.15, -0.1) is 0 Å². The van der Waals surface area contributed by atoms with E-state index in [0.717, 1.165) is 17.6 Å². The molecule has 0 aliphatic rings. The Hall–Kier alpha value is -4.11. The highest BCUT2D eigenvalue weighted by Crippen LogP contribution is 2.18. The Morgan fingerprint density at radius 3 is 2.90 bits per heavy atom. The van der Waals surface area contributed by atoms with Gasteiger partial charge in [-0.2, -0.15) is 5.26 Å². The van der Waals surface area contributed by atoms with Crippen LogP contribution in [0.25, 0.3) is 10.9 Å². The zero-order valence-electron chi connectivity index (χ0n) is 15.6. The van der Waals surface area contributed by atoms with E-state index in [-0.39, 0.29) is 5.91 Å². The topological polar surface area (TPSA) is 93.6 Å². The molecule has 3 N–H and O–H groups in total. The fourth-order valence-corrected chi connectivity index (χ4v) is 3.21. The third-order valence-electron chi connectivity index (χ3n) is 4.64. The summed E-state index contributed by atoms with van der Waals surface area (Å²) in [6, 6.07) is 20.7. The second kappa shape index (κ2) is 8.28. The number of hydrogen-bond acceptors (Lipinski definition) is 4. The molecular formula is C23H19N5O. The number of pyridine rings is 1. The first-order valence-electron chi connectivity index (χ1n) is 9.29. The minimum Gasteiger partial charge on any atom is -0.361 e. The van der Waals surface area contributed by atoms with Gasteiger partial charge in [-0.1, -0.05) is 24.3 Å². The summed E-state index contributed by atoms with van der Waals surface area (Å²) < 4.78 is 0. The Morgan fingerprint density at radius 2 is 2.00 bits per heavy atom. The van der Waals surface area contributed by atoms with Gasteiger partial charge in [0.2, 0.25) is 0 Å². The molecule has 0 saturated heterocycles. The minimum absolute atomic E-state index is 0.152. The summed E-state index contributed by atoms with van der Waals surface area (Å²) in [6.45, 7) is 0.538. The molecular weight excluding hydrogens is 362 g/mol. The lowest BCUT2D eigenvalue weighted by Crippen LogP contribution is -2.25. The van der Waals surface area contributed by atoms with E-state index in [1.807, 2.05) is 30.5 Å². The molecule has 6 heteroatoms. The second-order valence-electron chi connectivity index (χ2n) is 6.61. The number of anilines is 2. The molecule has 0 radical (unpaired) electrons. The van der Waals surface area contributed by atoms with Crippen LogP contribution in [-0.2, 0) is 6.42 Å². The molecule has 6 nitrogen and oxygen atoms in total. The van der Waals surface area contributed by atoms with Gasteiger partial charge in [-0.25, -0.2) is 4.98 Å². The van der Waals surface area contributed by atoms with Gasteiger partial charge in [-0.3, -0.25) is 4.79 Å². The molecule has 142 valence electrons. The van der Waals surface area contributed by atoms with Crippen LogP contribution in [0.5, 0.6) is 0 Å². The number of aromatic nitrogens is 2. The van der Waals surface area contributed by atoms with Crippen molar-refractivity contribution in [2.45, 2.75) is 6.42 Å². The SMILES string of the molecule is N#Cc1cccc(Nc2cc(C(=O)NCCc3c[nH]c4ccccc34)ccn2)c1. The molecule has 29 heavy (non-hydrogen) atoms. The first kappa shape index (κ1) is 18.3. The zero-order chi connectivity index (χ0) is 20.1. The maximum Gasteiger partial charge on any atom is 0.251 e. The molecule has 2 aromatic carbocycles. The smallest absolute Gasteiger partial charge is 0.251 e. The number of benzene rings is 2. The molecule has 4 rings (SSSR count). The Bertz CT molecular complexity index is 1210. The first-order valence-corrected chi connectivity index (χ1v) is 9.29. The molecule has 0 unspecified atom stereocenters. The van der Waals surface area contributed by atoms with Gasteiger partial charge in [0.15, 0.2) is 0 Å². The Morgan fingerprint density at radius 1 is 1.10 bits per heavy atom. The molecule has 0 aliphatic carbocycles. The van der Waals surface area contributed by atoms with Gasteiger partial charge < -0.3 is 15.6 Å². The maximum absolute atomic E-state index is 12.5. The van der Waals surface area contributed by atoms with E-state index in [1.54, 1.807) is 36.5 Å². The van der Waals surface area contributed by atoms with E-state index in [9.17, 15) is 4.79 Å². The number of rotatable bonds is 6. The van der Waals surface area contributed by atoms with Crippen molar-refractivity contribution in [3.05, 3.63) is 89.7 Å². The van der Waals surface area contributed by atoms with Crippen molar-refractivity contribution in [3.8, 4) is 6.07 Å². The van der Waals surface area contributed by atoms with Crippen LogP contribution in [0.1, 0.15) is 21.5 Å². The van der Waals surface area contributed by atoms with E-state index in [1.165, 1.54) is 10.9 Å². The van der Waals surface area contributed by atoms with Crippen LogP contribution in [0.2, 0.25) is 0 Å². The summed E-state index contributed by atoms with van der Waals surface area (Å²) >= 11 is 0. The molecule has 2 aromatic heterocycles. The third kappa shape index (κ3) is 4.25. The molecule has 0 fully saturated rings. The second-order valence-corrected chi connectivity index (χ2v) is 6.61. The van der Waals surface area contributed by atoms with Crippen molar-refractivity contribution >= 4 is 28.3 Å². The third-order valence-corrected chi connectivity index (χ3v) is 4.64. The van der Waals surface area contributed by atoms with Crippen molar-refractivity contribution in [2.75, 3.05) is 11.9 Å². The lowest BCUT2D eigenvalue weighted by atomic mass is 10.1. The van der Waals surface area contributed by atoms with Crippen molar-refractivity contribution < 1.29 is 4.79 Å². The summed E-state index contributed by atoms with van der Waals surface area (Å²) in [5, 5.41) is 16.3. The molecule has 1 amide bonds. The standard InChI is InChI=1S/C23H19N5O/c24-14-16-4-3-5-19(12-16)28-22-13-17(8-10-25-22)23(29)26-11-9-18-15-27-21-7-2-1-6-20(18)21/h1-8,10,12-13,15,27H,9,11H2,(H,25,28)(H,26,29). The van der Waals surface area contributed by atoms with Gasteiger partial charge in [0.1, 0.15) is 5.82 Å². The van der Waals surface area contributed by atoms with Gasteiger partial charge in [0, 0.05) is 41.1 Å². The molecule has 0 atom stereocenters. The number of carbonyl (C=O) groups excluding carboxylic acids is 1. The van der Waals surface area contributed by atoms with Crippen molar-refractivity contribution in [2.24, 2.45) is 0 Å². The number of carbonyl (C=O) groups is 1. The average molecular weight is 381 g/mol. The number of nitrogens with one attached hydrogen (secondary N) is 3. The summed E-state index contributed by atoms with van der Waals surface area (Å²) in [5.41, 5.74) is 4.10. The quantitative estimate of drug-likeness (QED) is 0.468. The average Bonchev–Trinajstić information content (AvgIpc) is 3.17. The molecule has 4 aromatic rings. The van der Waals surface area contributed by atoms with Crippen LogP contribution in [0.4, 0.5) is 11.5 Å². The van der Waals surface area contributed by atoms with Crippen molar-refractivity contribution in [1.82, 2.24) is 15.3 Å². The highest BCUT2D eigenvalue weighted by molar-refractivity contribution is 5.95. The first-order chi connectivity index (χ1) is 14.2. The van der Waals surface area contributed by atoms with Crippen LogP contribution < -0.4 is 10.6 Å². The van der Waals surface area contributed by atoms with Crippen molar-refractivity contribution in [1.29, 1.82) is 5.26 Å². The lowest BCUT2D eigenvalue weighted by molar-refractivity contribution is 0.0954. The Labute approximate surface area is 168 Å². The molecule has 0 spiro atoms. The van der Waals surface area contributed by atoms with Gasteiger partial charge in [0.25, 0.3) is 5.91 Å². The Kier molecular flexibility index (Phi) is 5.21. The van der Waals surface area contributed by atoms with E-state index in [0.29, 0.717) is 23.5 Å². The number of hydrogen-bond donors (Lipinski definition) is 3. The lowest BCUT2D eigenvalue weighted by Gasteiger charge is -2.08. The number of H-pyrrole nitrogens is 1. The van der Waals surface area contributed by atoms with Crippen LogP contribution in [0.15, 0.2) is 73.1 Å². The summed E-state index contributed by atoms with van der Waals surface area (Å²) in [7, 11) is 0. The Balaban J connectivity index is 1.38. The zero-order valence-corrected chi connectivity index (χ0v) is 15.6. The van der Waals surface area contributed by atoms with E-state index >= 15 is 0 Å². The predicted octanol–water partition coefficient (Wildman–Crippen LogP) is 4.15. The summed E-state index contributed by atoms with van der Waals surface area (Å²) in [4.78, 5) is 20.0. The summed E-state index contributed by atoms with van der Waals surface area (Å²) in [6.07, 6.45) is 4.32. The predicted molar refractivity (Wildman–Crippen MR) is 113 cm³/mol. The number of aromatic amines is 1. The van der Waals surface area contributed by atoms with Crippen molar-refractivity contribution in [3.63, 3.8) is 0 Å². The minimum atomic E-state index is -0.152. The molecule has 0 saturated carbocycles. The largest absolute Gasteiger partial charge is 0.361 e. The molecule has 2 heterocycles. The van der Waals surface area contributed by atoms with Crippen LogP contribution >= 0.6 is 0 Å². The van der Waals surface area contributed by atoms with E-state index in [2.05, 4.69) is 32.7 Å². The van der Waals surface area contributed by atoms with E-state index < -0.39 is 0 Å². The summed E-state index contributed by atoms with van der Waals surface area (Å²) in [5.74, 6) is 0.394. The molecule has 0 bridgehead atoms. The van der Waals surface area contributed by atoms with E-state index in [4.69, 9.17) is 5.26 Å². The van der Waals surface area contributed by atoms with Crippen LogP contribution in [-0.4, -0.2) is 22.4 Å². The maximum atomic E-state index is 12.5. The number of amides is 1. The normalized spacial score (nSPS) is 10.4. The van der Waals surface area contributed by atoms with Gasteiger partial charge in [0.05, 0.1) is 11.6 Å². The van der Waals surface area contributed by atoms with Crippen LogP contribution in [0.3, 0.4) is 0 Å². The monoisotopic (exact) mass is 381 g/mol. The van der Waals surface area contributed by atoms with Gasteiger partial charge in [-0.05, 0) is 48.4 Å². The highest BCUT2D eigenvalue weighted by atomic mass is 16.1. The number of fused-ring (bicyclic) bond motifs is 1.